The van der Waals surface area contributed by atoms with E-state index in [9.17, 15) is 9.59 Å². The highest BCUT2D eigenvalue weighted by molar-refractivity contribution is 6.14. The van der Waals surface area contributed by atoms with Crippen molar-refractivity contribution >= 4 is 35.3 Å². The van der Waals surface area contributed by atoms with Crippen LogP contribution in [0.1, 0.15) is 32.3 Å². The first-order valence-electron chi connectivity index (χ1n) is 12.6. The lowest BCUT2D eigenvalue weighted by molar-refractivity contribution is -0.115. The monoisotopic (exact) mass is 503 g/mol. The van der Waals surface area contributed by atoms with Gasteiger partial charge in [-0.3, -0.25) is 15.0 Å². The Hall–Kier alpha value is -4.19. The molecule has 4 heterocycles. The molecule has 37 heavy (non-hydrogen) atoms. The minimum absolute atomic E-state index is 0.127. The number of hydrogen-bond donors (Lipinski definition) is 3. The molecule has 3 N–H and O–H groups in total. The highest BCUT2D eigenvalue weighted by atomic mass is 16.5. The molecule has 1 aromatic carbocycles. The third-order valence-corrected chi connectivity index (χ3v) is 6.76. The van der Waals surface area contributed by atoms with Gasteiger partial charge < -0.3 is 20.3 Å². The Morgan fingerprint density at radius 2 is 1.81 bits per heavy atom. The molecule has 192 valence electrons. The number of anilines is 2. The van der Waals surface area contributed by atoms with Gasteiger partial charge in [-0.2, -0.15) is 19.6 Å². The summed E-state index contributed by atoms with van der Waals surface area (Å²) < 4.78 is 7.63. The molecule has 0 atom stereocenters. The molecule has 2 saturated heterocycles. The normalized spacial score (nSPS) is 19.5. The van der Waals surface area contributed by atoms with Crippen molar-refractivity contribution in [3.8, 4) is 11.8 Å². The van der Waals surface area contributed by atoms with Crippen LogP contribution in [0, 0.1) is 0 Å². The van der Waals surface area contributed by atoms with Gasteiger partial charge in [0.2, 0.25) is 5.95 Å². The molecule has 3 aliphatic rings. The Morgan fingerprint density at radius 3 is 2.46 bits per heavy atom. The van der Waals surface area contributed by atoms with Crippen LogP contribution in [0.4, 0.5) is 16.4 Å². The Labute approximate surface area is 213 Å². The molecule has 2 aliphatic heterocycles. The van der Waals surface area contributed by atoms with E-state index in [1.807, 2.05) is 12.1 Å². The highest BCUT2D eigenvalue weighted by Gasteiger charge is 2.26. The lowest BCUT2D eigenvalue weighted by Gasteiger charge is -2.38. The Balaban J connectivity index is 1.24. The smallest absolute Gasteiger partial charge is 0.327 e. The van der Waals surface area contributed by atoms with E-state index in [4.69, 9.17) is 4.74 Å². The molecular weight excluding hydrogens is 474 g/mol. The lowest BCUT2D eigenvalue weighted by atomic mass is 10.2. The number of aromatic nitrogens is 4. The zero-order valence-corrected chi connectivity index (χ0v) is 20.8. The number of carbonyl (C=O) groups excluding carboxylic acids is 2. The first-order chi connectivity index (χ1) is 17.9. The SMILES string of the molecule is CC(C)N1CCN(c2ccc(Oc3nc(NC4CC4)n4ncc(/C=C5\NC(=O)NC5=O)c4n3)cc2)CC1. The summed E-state index contributed by atoms with van der Waals surface area (Å²) >= 11 is 0. The van der Waals surface area contributed by atoms with Gasteiger partial charge in [-0.25, -0.2) is 4.79 Å². The number of nitrogens with zero attached hydrogens (tertiary/aromatic N) is 6. The number of urea groups is 1. The summed E-state index contributed by atoms with van der Waals surface area (Å²) in [5.41, 5.74) is 2.29. The first kappa shape index (κ1) is 23.2. The molecule has 0 radical (unpaired) electrons. The van der Waals surface area contributed by atoms with Gasteiger partial charge in [-0.05, 0) is 57.0 Å². The molecule has 3 aromatic rings. The lowest BCUT2D eigenvalue weighted by Crippen LogP contribution is -2.48. The zero-order valence-electron chi connectivity index (χ0n) is 20.8. The van der Waals surface area contributed by atoms with Crippen LogP contribution < -0.4 is 25.6 Å². The number of benzene rings is 1. The molecule has 6 rings (SSSR count). The van der Waals surface area contributed by atoms with Crippen LogP contribution in [0.25, 0.3) is 11.7 Å². The molecule has 0 spiro atoms. The van der Waals surface area contributed by atoms with Crippen molar-refractivity contribution in [2.45, 2.75) is 38.8 Å². The molecule has 2 aromatic heterocycles. The second-order valence-corrected chi connectivity index (χ2v) is 9.76. The molecule has 1 saturated carbocycles. The van der Waals surface area contributed by atoms with Gasteiger partial charge >= 0.3 is 12.0 Å². The van der Waals surface area contributed by atoms with E-state index in [1.165, 1.54) is 6.08 Å². The molecule has 0 bridgehead atoms. The van der Waals surface area contributed by atoms with Crippen molar-refractivity contribution in [2.24, 2.45) is 0 Å². The minimum Gasteiger partial charge on any atom is -0.424 e. The zero-order chi connectivity index (χ0) is 25.5. The van der Waals surface area contributed by atoms with E-state index in [1.54, 1.807) is 10.7 Å². The Morgan fingerprint density at radius 1 is 1.05 bits per heavy atom. The van der Waals surface area contributed by atoms with Crippen LogP contribution in [0.5, 0.6) is 11.8 Å². The minimum atomic E-state index is -0.562. The number of fused-ring (bicyclic) bond motifs is 1. The number of carbonyl (C=O) groups is 2. The van der Waals surface area contributed by atoms with Gasteiger partial charge in [0.25, 0.3) is 5.91 Å². The molecular formula is C25H29N9O3. The second kappa shape index (κ2) is 9.36. The van der Waals surface area contributed by atoms with Crippen LogP contribution in [0.3, 0.4) is 0 Å². The number of ether oxygens (including phenoxy) is 1. The van der Waals surface area contributed by atoms with E-state index >= 15 is 0 Å². The number of piperazine rings is 1. The van der Waals surface area contributed by atoms with Crippen LogP contribution in [0.2, 0.25) is 0 Å². The third-order valence-electron chi connectivity index (χ3n) is 6.76. The van der Waals surface area contributed by atoms with Crippen molar-refractivity contribution in [2.75, 3.05) is 36.4 Å². The second-order valence-electron chi connectivity index (χ2n) is 9.76. The molecule has 0 unspecified atom stereocenters. The van der Waals surface area contributed by atoms with Crippen molar-refractivity contribution < 1.29 is 14.3 Å². The Bertz CT molecular complexity index is 1370. The van der Waals surface area contributed by atoms with Gasteiger partial charge in [-0.15, -0.1) is 0 Å². The van der Waals surface area contributed by atoms with Crippen molar-refractivity contribution in [3.05, 3.63) is 41.7 Å². The summed E-state index contributed by atoms with van der Waals surface area (Å²) in [5.74, 6) is 0.622. The summed E-state index contributed by atoms with van der Waals surface area (Å²) in [4.78, 5) is 37.5. The Kier molecular flexibility index (Phi) is 5.87. The van der Waals surface area contributed by atoms with E-state index in [-0.39, 0.29) is 11.7 Å². The quantitative estimate of drug-likeness (QED) is 0.328. The number of hydrogen-bond acceptors (Lipinski definition) is 9. The van der Waals surface area contributed by atoms with Crippen molar-refractivity contribution in [3.63, 3.8) is 0 Å². The molecule has 3 amide bonds. The predicted molar refractivity (Wildman–Crippen MR) is 138 cm³/mol. The number of rotatable bonds is 7. The van der Waals surface area contributed by atoms with Crippen LogP contribution in [-0.2, 0) is 4.79 Å². The summed E-state index contributed by atoms with van der Waals surface area (Å²) in [6, 6.07) is 8.44. The average Bonchev–Trinajstić information content (AvgIpc) is 3.53. The van der Waals surface area contributed by atoms with Crippen LogP contribution in [0.15, 0.2) is 36.2 Å². The fourth-order valence-electron chi connectivity index (χ4n) is 4.49. The van der Waals surface area contributed by atoms with E-state index < -0.39 is 11.9 Å². The van der Waals surface area contributed by atoms with Crippen LogP contribution >= 0.6 is 0 Å². The third kappa shape index (κ3) is 4.92. The predicted octanol–water partition coefficient (Wildman–Crippen LogP) is 2.20. The topological polar surface area (TPSA) is 129 Å². The van der Waals surface area contributed by atoms with Crippen molar-refractivity contribution in [1.82, 2.24) is 35.1 Å². The molecule has 12 nitrogen and oxygen atoms in total. The molecule has 3 fully saturated rings. The average molecular weight is 504 g/mol. The molecule has 1 aliphatic carbocycles. The van der Waals surface area contributed by atoms with Gasteiger partial charge in [0.05, 0.1) is 6.20 Å². The van der Waals surface area contributed by atoms with Gasteiger partial charge in [-0.1, -0.05) is 0 Å². The number of amides is 3. The summed E-state index contributed by atoms with van der Waals surface area (Å²) in [5, 5.41) is 12.4. The standard InChI is InChI=1S/C25H29N9O3/c1-15(2)32-9-11-33(12-10-32)18-5-7-19(8-6-18)37-25-29-21-16(13-20-22(35)30-24(36)28-20)14-26-34(21)23(31-25)27-17-3-4-17/h5-8,13-15,17H,3-4,9-12H2,1-2H3,(H,27,29,31)(H2,28,30,35,36)/b20-13-. The van der Waals surface area contributed by atoms with Gasteiger partial charge in [0, 0.05) is 49.5 Å². The van der Waals surface area contributed by atoms with E-state index in [2.05, 4.69) is 66.8 Å². The fourth-order valence-corrected chi connectivity index (χ4v) is 4.49. The summed E-state index contributed by atoms with van der Waals surface area (Å²) in [6.45, 7) is 8.56. The highest BCUT2D eigenvalue weighted by Crippen LogP contribution is 2.28. The van der Waals surface area contributed by atoms with Crippen LogP contribution in [-0.4, -0.2) is 74.7 Å². The van der Waals surface area contributed by atoms with E-state index in [0.29, 0.717) is 35.0 Å². The fraction of sp³-hybridized carbons (Fsp3) is 0.400. The van der Waals surface area contributed by atoms with Gasteiger partial charge in [0.1, 0.15) is 11.4 Å². The first-order valence-corrected chi connectivity index (χ1v) is 12.6. The largest absolute Gasteiger partial charge is 0.424 e. The molecule has 12 heteroatoms. The van der Waals surface area contributed by atoms with Crippen molar-refractivity contribution in [1.29, 1.82) is 0 Å². The maximum Gasteiger partial charge on any atom is 0.327 e. The maximum atomic E-state index is 12.0. The van der Waals surface area contributed by atoms with Gasteiger partial charge in [0.15, 0.2) is 5.65 Å². The summed E-state index contributed by atoms with van der Waals surface area (Å²) in [7, 11) is 0. The van der Waals surface area contributed by atoms with E-state index in [0.717, 1.165) is 44.7 Å². The number of nitrogens with one attached hydrogen (secondary N) is 3. The summed E-state index contributed by atoms with van der Waals surface area (Å²) in [6.07, 6.45) is 5.22. The maximum absolute atomic E-state index is 12.0. The number of imide groups is 1.